The number of Topliss-reactive ketones (excluding diaryl/α,β-unsaturated/α-hetero) is 1. The number of nitrogen functional groups attached to an aromatic ring is 1. The lowest BCUT2D eigenvalue weighted by Crippen LogP contribution is -2.56. The minimum absolute atomic E-state index is 0.00307. The Morgan fingerprint density at radius 2 is 1.32 bits per heavy atom. The normalized spacial score (nSPS) is 14.8. The molecule has 2 aromatic carbocycles. The molecular formula is C60H75N17O19S. The molecule has 18 N–H and O–H groups in total. The van der Waals surface area contributed by atoms with Crippen LogP contribution in [0.3, 0.4) is 0 Å². The average molecular weight is 1370 g/mol. The number of unbranched alkanes of at least 4 members (excludes halogenated alkanes) is 1. The molecule has 2 aromatic heterocycles. The number of hydrazone groups is 1. The van der Waals surface area contributed by atoms with Crippen LogP contribution in [0.4, 0.5) is 11.6 Å². The maximum absolute atomic E-state index is 14.0. The fourth-order valence-electron chi connectivity index (χ4n) is 9.42. The highest BCUT2D eigenvalue weighted by Gasteiger charge is 2.41. The molecule has 2 unspecified atom stereocenters. The summed E-state index contributed by atoms with van der Waals surface area (Å²) in [6.07, 6.45) is -3.99. The number of nitrogens with two attached hydrogens (primary N) is 2. The van der Waals surface area contributed by atoms with Crippen LogP contribution in [-0.2, 0) is 64.1 Å². The van der Waals surface area contributed by atoms with E-state index in [0.29, 0.717) is 34.4 Å². The van der Waals surface area contributed by atoms with E-state index in [2.05, 4.69) is 67.7 Å². The summed E-state index contributed by atoms with van der Waals surface area (Å²) in [5.41, 5.74) is 14.7. The number of amidine groups is 1. The van der Waals surface area contributed by atoms with Gasteiger partial charge in [-0.05, 0) is 74.1 Å². The number of aromatic amines is 1. The van der Waals surface area contributed by atoms with Crippen molar-refractivity contribution in [1.82, 2.24) is 62.2 Å². The predicted molar refractivity (Wildman–Crippen MR) is 345 cm³/mol. The van der Waals surface area contributed by atoms with Crippen LogP contribution >= 0.6 is 11.8 Å². The zero-order valence-electron chi connectivity index (χ0n) is 52.9. The van der Waals surface area contributed by atoms with E-state index in [0.717, 1.165) is 4.90 Å². The fourth-order valence-corrected chi connectivity index (χ4v) is 10.7. The summed E-state index contributed by atoms with van der Waals surface area (Å²) in [4.78, 5) is 209. The second-order valence-corrected chi connectivity index (χ2v) is 23.7. The average Bonchev–Trinajstić information content (AvgIpc) is 1.83. The van der Waals surface area contributed by atoms with Crippen LogP contribution < -0.4 is 59.7 Å². The maximum Gasteiger partial charge on any atom is 0.326 e. The van der Waals surface area contributed by atoms with Crippen molar-refractivity contribution in [3.05, 3.63) is 87.5 Å². The van der Waals surface area contributed by atoms with E-state index in [4.69, 9.17) is 16.9 Å². The number of aromatic nitrogens is 4. The number of anilines is 2. The first kappa shape index (κ1) is 76.4. The Morgan fingerprint density at radius 1 is 0.711 bits per heavy atom. The lowest BCUT2D eigenvalue weighted by molar-refractivity contribution is -0.144. The smallest absolute Gasteiger partial charge is 0.326 e. The third-order valence-electron chi connectivity index (χ3n) is 14.8. The molecule has 37 heteroatoms. The highest BCUT2D eigenvalue weighted by Crippen LogP contribution is 2.29. The summed E-state index contributed by atoms with van der Waals surface area (Å²) in [5, 5.41) is 67.3. The quantitative estimate of drug-likeness (QED) is 0.00813. The molecular weight excluding hydrogens is 1290 g/mol. The van der Waals surface area contributed by atoms with E-state index in [1.807, 2.05) is 0 Å². The molecule has 1 fully saturated rings. The third kappa shape index (κ3) is 23.9. The Hall–Kier alpha value is -11.3. The zero-order chi connectivity index (χ0) is 71.8. The van der Waals surface area contributed by atoms with Crippen LogP contribution in [0.2, 0.25) is 0 Å². The molecule has 9 amide bonds. The molecule has 520 valence electrons. The molecule has 36 nitrogen and oxygen atoms in total. The highest BCUT2D eigenvalue weighted by molar-refractivity contribution is 8.00. The number of H-pyrrole nitrogens is 1. The Balaban J connectivity index is 1.15. The van der Waals surface area contributed by atoms with Gasteiger partial charge in [-0.15, -0.1) is 11.8 Å². The number of amides is 9. The topological polar surface area (TPSA) is 579 Å². The Bertz CT molecular complexity index is 3750. The lowest BCUT2D eigenvalue weighted by atomic mass is 9.97. The Kier molecular flexibility index (Phi) is 28.7. The minimum atomic E-state index is -1.96. The number of carboxylic acid groups (broad SMARTS) is 4. The summed E-state index contributed by atoms with van der Waals surface area (Å²) in [7, 11) is 1.46. The van der Waals surface area contributed by atoms with E-state index < -0.39 is 175 Å². The number of benzene rings is 2. The van der Waals surface area contributed by atoms with Gasteiger partial charge < -0.3 is 69.1 Å². The van der Waals surface area contributed by atoms with Crippen molar-refractivity contribution in [1.29, 1.82) is 5.41 Å². The van der Waals surface area contributed by atoms with Crippen molar-refractivity contribution in [2.75, 3.05) is 30.4 Å². The minimum Gasteiger partial charge on any atom is -0.481 e. The van der Waals surface area contributed by atoms with Crippen molar-refractivity contribution in [2.45, 2.75) is 133 Å². The summed E-state index contributed by atoms with van der Waals surface area (Å²) in [5.74, 6) is -17.7. The van der Waals surface area contributed by atoms with Crippen molar-refractivity contribution >= 4 is 129 Å². The number of thioether (sulfide) groups is 1. The molecule has 97 heavy (non-hydrogen) atoms. The first-order valence-electron chi connectivity index (χ1n) is 30.1. The van der Waals surface area contributed by atoms with Gasteiger partial charge in [-0.1, -0.05) is 32.4 Å². The molecule has 0 bridgehead atoms. The number of nitrogens with zero attached hydrogens (tertiary/aromatic N) is 5. The number of nitrogens with one attached hydrogen (secondary N) is 10. The number of aliphatic carboxylic acids is 4. The van der Waals surface area contributed by atoms with Crippen molar-refractivity contribution < 1.29 is 87.5 Å². The van der Waals surface area contributed by atoms with Gasteiger partial charge in [0.25, 0.3) is 17.4 Å². The summed E-state index contributed by atoms with van der Waals surface area (Å²) in [6.45, 7) is 4.82. The second-order valence-electron chi connectivity index (χ2n) is 22.5. The lowest BCUT2D eigenvalue weighted by Gasteiger charge is -2.25. The number of carbonyl (C=O) groups excluding carboxylic acids is 10. The van der Waals surface area contributed by atoms with Crippen molar-refractivity contribution in [3.8, 4) is 0 Å². The molecule has 1 aliphatic heterocycles. The van der Waals surface area contributed by atoms with Crippen molar-refractivity contribution in [2.24, 2.45) is 22.7 Å². The van der Waals surface area contributed by atoms with Crippen LogP contribution in [0.1, 0.15) is 123 Å². The number of hydrogen-bond donors (Lipinski definition) is 16. The van der Waals surface area contributed by atoms with Gasteiger partial charge >= 0.3 is 23.9 Å². The standard InChI is InChI=1S/C60H75N17O19S/c1-28(2)48(55(90)64-4)72-52(87)31-11-9-30(10-12-31)29(3)75-76-44(80)19-20-77-45(81)24-41(57(77)92)97-27-33(58(93)94)21-40(78)38(22-46(82)83)71-53(88)36(7-5-6-8-42(61)62)69-54(89)39(23-47(84)85)68-43(79)18-17-37(59(95)96)70-51(86)32-13-15-34(16-14-32)65-25-35-26-66-50-49(67-35)56(91)74-60(63)73-50/h9-16,26,28,33,36-39,41,48,65H,5-8,17-25,27H2,1-4H3,(H3,61,62)(H,64,90)(H,68,79)(H,69,89)(H,70,86)(H,71,88)(H,72,87)(H,76,80)(H,82,83)(H,84,85)(H,93,94)(H,95,96)(H3,63,66,73,74,91)/b75-29-/t33?,36-,37+,38-,39+,41?,48+/m1/s1. The number of imide groups is 1. The number of rotatable bonds is 39. The Labute approximate surface area is 556 Å². The van der Waals surface area contributed by atoms with Crippen LogP contribution in [-0.4, -0.2) is 194 Å². The SMILES string of the molecule is CNC(=O)[C@@H](NC(=O)c1ccc(/C(C)=N\NC(=O)CCN2C(=O)CC(SCC(CC(=O)[C@@H](CC(=O)O)NC(=O)[C@@H](CCCCC(=N)N)NC(=O)[C@H](CC(=O)O)NC(=O)CC[C@H](NC(=O)c3ccc(NCc4cnc5nc(N)[nH]c(=O)c5n4)cc3)C(=O)O)C(=O)O)C2=O)cc1)C(C)C. The largest absolute Gasteiger partial charge is 0.481 e. The molecule has 0 aliphatic carbocycles. The molecule has 0 spiro atoms. The molecule has 0 radical (unpaired) electrons. The monoisotopic (exact) mass is 1370 g/mol. The van der Waals surface area contributed by atoms with Gasteiger partial charge in [0.05, 0.1) is 60.0 Å². The fraction of sp³-hybridized carbons (Fsp3) is 0.433. The molecule has 5 rings (SSSR count). The van der Waals surface area contributed by atoms with E-state index in [1.165, 1.54) is 49.6 Å². The predicted octanol–water partition coefficient (Wildman–Crippen LogP) is -1.28. The van der Waals surface area contributed by atoms with Crippen LogP contribution in [0.5, 0.6) is 0 Å². The van der Waals surface area contributed by atoms with E-state index >= 15 is 0 Å². The second kappa shape index (κ2) is 36.4. The zero-order valence-corrected chi connectivity index (χ0v) is 53.7. The molecule has 3 heterocycles. The van der Waals surface area contributed by atoms with Gasteiger partial charge in [-0.25, -0.2) is 20.2 Å². The van der Waals surface area contributed by atoms with Gasteiger partial charge in [0.1, 0.15) is 24.2 Å². The Morgan fingerprint density at radius 3 is 1.93 bits per heavy atom. The number of fused-ring (bicyclic) bond motifs is 1. The third-order valence-corrected chi connectivity index (χ3v) is 16.1. The molecule has 1 aliphatic rings. The number of ketones is 1. The first-order valence-corrected chi connectivity index (χ1v) is 31.1. The van der Waals surface area contributed by atoms with Crippen LogP contribution in [0, 0.1) is 17.2 Å². The number of carboxylic acids is 4. The summed E-state index contributed by atoms with van der Waals surface area (Å²) >= 11 is 0.703. The van der Waals surface area contributed by atoms with E-state index in [1.54, 1.807) is 32.9 Å². The van der Waals surface area contributed by atoms with Crippen LogP contribution in [0.15, 0.2) is 64.6 Å². The molecule has 0 saturated carbocycles. The number of hydrogen-bond acceptors (Lipinski definition) is 23. The van der Waals surface area contributed by atoms with Crippen LogP contribution in [0.25, 0.3) is 11.2 Å². The van der Waals surface area contributed by atoms with Crippen molar-refractivity contribution in [3.63, 3.8) is 0 Å². The number of likely N-dealkylation sites (tertiary alicyclic amines) is 1. The van der Waals surface area contributed by atoms with E-state index in [-0.39, 0.29) is 84.7 Å². The van der Waals surface area contributed by atoms with Gasteiger partial charge in [0, 0.05) is 68.3 Å². The maximum atomic E-state index is 14.0. The summed E-state index contributed by atoms with van der Waals surface area (Å²) < 4.78 is 0. The van der Waals surface area contributed by atoms with Gasteiger partial charge in [-0.3, -0.25) is 82.4 Å². The first-order chi connectivity index (χ1) is 45.8. The molecule has 1 saturated heterocycles. The highest BCUT2D eigenvalue weighted by atomic mass is 32.2. The summed E-state index contributed by atoms with van der Waals surface area (Å²) in [6, 6.07) is 3.73. The number of likely N-dealkylation sites (N-methyl/N-ethyl adjacent to an activating group) is 1. The van der Waals surface area contributed by atoms with Gasteiger partial charge in [0.2, 0.25) is 47.3 Å². The van der Waals surface area contributed by atoms with Gasteiger partial charge in [-0.2, -0.15) is 10.1 Å². The molecule has 4 aromatic rings. The molecule has 7 atom stereocenters. The van der Waals surface area contributed by atoms with Gasteiger partial charge in [0.15, 0.2) is 16.9 Å². The van der Waals surface area contributed by atoms with E-state index in [9.17, 15) is 92.3 Å². The number of carbonyl (C=O) groups is 14.